The molecule has 53 heavy (non-hydrogen) atoms. The number of pyridine rings is 1. The summed E-state index contributed by atoms with van der Waals surface area (Å²) in [6.45, 7) is 0. The highest BCUT2D eigenvalue weighted by Crippen LogP contribution is 2.40. The average molecular weight is 673 g/mol. The predicted molar refractivity (Wildman–Crippen MR) is 217 cm³/mol. The fraction of sp³-hybridized carbons (Fsp3) is 0. The van der Waals surface area contributed by atoms with Crippen LogP contribution in [0.4, 0.5) is 0 Å². The van der Waals surface area contributed by atoms with Crippen LogP contribution in [-0.4, -0.2) is 9.55 Å². The second kappa shape index (κ2) is 12.1. The standard InChI is InChI=1S/C49H28N4/c50-29-31-10-13-33(14-11-31)38-20-22-41-45(28-38)52-49(42-23-19-35-6-4-5-9-40(35)48(41)42)36-17-15-34(16-18-36)37-21-25-47-44(27-37)43-26-32(30-51)12-24-46(43)53(47)39-7-2-1-3-8-39/h1-28H. The molecule has 4 heteroatoms. The van der Waals surface area contributed by atoms with Gasteiger partial charge in [0.15, 0.2) is 0 Å². The van der Waals surface area contributed by atoms with E-state index in [9.17, 15) is 10.5 Å². The van der Waals surface area contributed by atoms with Crippen LogP contribution in [0.2, 0.25) is 0 Å². The first-order valence-corrected chi connectivity index (χ1v) is 17.6. The molecule has 0 fully saturated rings. The molecule has 0 saturated carbocycles. The summed E-state index contributed by atoms with van der Waals surface area (Å²) in [6.07, 6.45) is 0. The van der Waals surface area contributed by atoms with E-state index in [2.05, 4.69) is 138 Å². The zero-order valence-electron chi connectivity index (χ0n) is 28.5. The van der Waals surface area contributed by atoms with Gasteiger partial charge in [-0.2, -0.15) is 10.5 Å². The first-order valence-electron chi connectivity index (χ1n) is 17.6. The molecule has 0 N–H and O–H groups in total. The van der Waals surface area contributed by atoms with Gasteiger partial charge in [0.25, 0.3) is 0 Å². The van der Waals surface area contributed by atoms with Gasteiger partial charge >= 0.3 is 0 Å². The lowest BCUT2D eigenvalue weighted by Gasteiger charge is -2.14. The van der Waals surface area contributed by atoms with Gasteiger partial charge in [0.2, 0.25) is 0 Å². The number of fused-ring (bicyclic) bond motifs is 8. The Kier molecular flexibility index (Phi) is 6.90. The minimum atomic E-state index is 0.642. The molecule has 0 spiro atoms. The molecule has 0 aliphatic rings. The lowest BCUT2D eigenvalue weighted by molar-refractivity contribution is 1.18. The number of benzene rings is 8. The van der Waals surface area contributed by atoms with Crippen molar-refractivity contribution in [3.05, 3.63) is 181 Å². The summed E-state index contributed by atoms with van der Waals surface area (Å²) in [7, 11) is 0. The molecule has 8 aromatic carbocycles. The molecule has 10 rings (SSSR count). The van der Waals surface area contributed by atoms with E-state index in [1.165, 1.54) is 16.2 Å². The molecule has 2 heterocycles. The third-order valence-electron chi connectivity index (χ3n) is 10.4. The molecular formula is C49H28N4. The van der Waals surface area contributed by atoms with Crippen molar-refractivity contribution in [2.45, 2.75) is 0 Å². The van der Waals surface area contributed by atoms with E-state index in [0.29, 0.717) is 11.1 Å². The minimum Gasteiger partial charge on any atom is -0.309 e. The van der Waals surface area contributed by atoms with Crippen LogP contribution in [0.25, 0.3) is 93.5 Å². The van der Waals surface area contributed by atoms with Crippen molar-refractivity contribution in [2.75, 3.05) is 0 Å². The summed E-state index contributed by atoms with van der Waals surface area (Å²) in [5.41, 5.74) is 11.8. The monoisotopic (exact) mass is 672 g/mol. The summed E-state index contributed by atoms with van der Waals surface area (Å²) in [6, 6.07) is 63.3. The van der Waals surface area contributed by atoms with Crippen LogP contribution in [0.15, 0.2) is 170 Å². The van der Waals surface area contributed by atoms with Gasteiger partial charge in [-0.1, -0.05) is 109 Å². The molecule has 4 nitrogen and oxygen atoms in total. The molecule has 0 saturated heterocycles. The van der Waals surface area contributed by atoms with Crippen LogP contribution >= 0.6 is 0 Å². The van der Waals surface area contributed by atoms with Crippen molar-refractivity contribution in [3.63, 3.8) is 0 Å². The van der Waals surface area contributed by atoms with E-state index in [1.54, 1.807) is 0 Å². The van der Waals surface area contributed by atoms with Gasteiger partial charge in [0.05, 0.1) is 45.5 Å². The maximum atomic E-state index is 9.73. The molecule has 0 aliphatic heterocycles. The molecule has 0 atom stereocenters. The fourth-order valence-electron chi connectivity index (χ4n) is 7.86. The van der Waals surface area contributed by atoms with E-state index < -0.39 is 0 Å². The fourth-order valence-corrected chi connectivity index (χ4v) is 7.86. The van der Waals surface area contributed by atoms with Crippen LogP contribution < -0.4 is 0 Å². The lowest BCUT2D eigenvalue weighted by atomic mass is 9.93. The summed E-state index contributed by atoms with van der Waals surface area (Å²) < 4.78 is 2.27. The topological polar surface area (TPSA) is 65.4 Å². The first-order chi connectivity index (χ1) is 26.2. The Balaban J connectivity index is 1.12. The molecule has 0 aliphatic carbocycles. The largest absolute Gasteiger partial charge is 0.309 e. The smallest absolute Gasteiger partial charge is 0.0991 e. The summed E-state index contributed by atoms with van der Waals surface area (Å²) in [5, 5.41) is 27.0. The van der Waals surface area contributed by atoms with E-state index in [4.69, 9.17) is 4.98 Å². The van der Waals surface area contributed by atoms with Crippen molar-refractivity contribution >= 4 is 54.3 Å². The number of nitrogens with zero attached hydrogens (tertiary/aromatic N) is 4. The van der Waals surface area contributed by atoms with Gasteiger partial charge in [-0.3, -0.25) is 0 Å². The highest BCUT2D eigenvalue weighted by Gasteiger charge is 2.16. The van der Waals surface area contributed by atoms with Crippen LogP contribution in [-0.2, 0) is 0 Å². The zero-order valence-corrected chi connectivity index (χ0v) is 28.5. The Hall–Kier alpha value is -7.53. The highest BCUT2D eigenvalue weighted by atomic mass is 15.0. The van der Waals surface area contributed by atoms with Crippen LogP contribution in [0.1, 0.15) is 11.1 Å². The van der Waals surface area contributed by atoms with E-state index in [1.807, 2.05) is 48.5 Å². The Morgan fingerprint density at radius 1 is 0.415 bits per heavy atom. The van der Waals surface area contributed by atoms with Gasteiger partial charge in [-0.25, -0.2) is 4.98 Å². The molecule has 244 valence electrons. The van der Waals surface area contributed by atoms with Crippen molar-refractivity contribution < 1.29 is 0 Å². The lowest BCUT2D eigenvalue weighted by Crippen LogP contribution is -1.93. The first kappa shape index (κ1) is 30.3. The SMILES string of the molecule is N#Cc1ccc(-c2ccc3c(c2)nc(-c2ccc(-c4ccc5c(c4)c4cc(C#N)ccc4n5-c4ccccc4)cc2)c2ccc4ccccc4c23)cc1. The molecule has 2 aromatic heterocycles. The summed E-state index contributed by atoms with van der Waals surface area (Å²) >= 11 is 0. The van der Waals surface area contributed by atoms with Gasteiger partial charge in [-0.05, 0) is 93.7 Å². The van der Waals surface area contributed by atoms with Gasteiger partial charge < -0.3 is 4.57 Å². The van der Waals surface area contributed by atoms with E-state index in [-0.39, 0.29) is 0 Å². The Labute approximate surface area is 305 Å². The number of aromatic nitrogens is 2. The number of hydrogen-bond acceptors (Lipinski definition) is 3. The molecule has 0 unspecified atom stereocenters. The number of hydrogen-bond donors (Lipinski definition) is 0. The number of nitriles is 2. The van der Waals surface area contributed by atoms with E-state index >= 15 is 0 Å². The molecule has 10 aromatic rings. The van der Waals surface area contributed by atoms with Crippen molar-refractivity contribution in [1.29, 1.82) is 10.5 Å². The third kappa shape index (κ3) is 4.94. The Morgan fingerprint density at radius 3 is 1.77 bits per heavy atom. The maximum Gasteiger partial charge on any atom is 0.0991 e. The Bertz CT molecular complexity index is 3160. The van der Waals surface area contributed by atoms with Crippen molar-refractivity contribution in [2.24, 2.45) is 0 Å². The zero-order chi connectivity index (χ0) is 35.5. The molecule has 0 amide bonds. The van der Waals surface area contributed by atoms with Gasteiger partial charge in [-0.15, -0.1) is 0 Å². The van der Waals surface area contributed by atoms with Gasteiger partial charge in [0, 0.05) is 38.2 Å². The van der Waals surface area contributed by atoms with Gasteiger partial charge in [0.1, 0.15) is 0 Å². The normalized spacial score (nSPS) is 11.4. The maximum absolute atomic E-state index is 9.73. The summed E-state index contributed by atoms with van der Waals surface area (Å²) in [4.78, 5) is 5.34. The molecular weight excluding hydrogens is 645 g/mol. The predicted octanol–water partition coefficient (Wildman–Crippen LogP) is 12.4. The van der Waals surface area contributed by atoms with E-state index in [0.717, 1.165) is 77.3 Å². The third-order valence-corrected chi connectivity index (χ3v) is 10.4. The Morgan fingerprint density at radius 2 is 1.00 bits per heavy atom. The van der Waals surface area contributed by atoms with Crippen LogP contribution in [0.3, 0.4) is 0 Å². The van der Waals surface area contributed by atoms with Crippen molar-refractivity contribution in [3.8, 4) is 51.3 Å². The second-order valence-corrected chi connectivity index (χ2v) is 13.4. The van der Waals surface area contributed by atoms with Crippen LogP contribution in [0, 0.1) is 22.7 Å². The number of para-hydroxylation sites is 1. The minimum absolute atomic E-state index is 0.642. The van der Waals surface area contributed by atoms with Crippen molar-refractivity contribution in [1.82, 2.24) is 9.55 Å². The highest BCUT2D eigenvalue weighted by molar-refractivity contribution is 6.22. The quantitative estimate of drug-likeness (QED) is 0.175. The average Bonchev–Trinajstić information content (AvgIpc) is 3.56. The second-order valence-electron chi connectivity index (χ2n) is 13.4. The van der Waals surface area contributed by atoms with Crippen LogP contribution in [0.5, 0.6) is 0 Å². The number of rotatable bonds is 4. The summed E-state index contributed by atoms with van der Waals surface area (Å²) in [5.74, 6) is 0. The molecule has 0 bridgehead atoms. The molecule has 0 radical (unpaired) electrons.